The van der Waals surface area contributed by atoms with Crippen LogP contribution in [-0.2, 0) is 4.79 Å². The van der Waals surface area contributed by atoms with Crippen molar-refractivity contribution in [2.75, 3.05) is 18.4 Å². The number of aryl methyl sites for hydroxylation is 1. The first-order valence-corrected chi connectivity index (χ1v) is 10.9. The predicted molar refractivity (Wildman–Crippen MR) is 125 cm³/mol. The minimum absolute atomic E-state index is 0.0925. The van der Waals surface area contributed by atoms with E-state index in [-0.39, 0.29) is 23.3 Å². The Morgan fingerprint density at radius 3 is 2.61 bits per heavy atom. The molecule has 1 atom stereocenters. The molecule has 3 heterocycles. The lowest BCUT2D eigenvalue weighted by molar-refractivity contribution is -0.114. The number of nitrogens with zero attached hydrogens (tertiary/aromatic N) is 2. The fourth-order valence-corrected chi connectivity index (χ4v) is 4.00. The summed E-state index contributed by atoms with van der Waals surface area (Å²) in [6.07, 6.45) is 3.26. The molecule has 1 fully saturated rings. The molecular weight excluding hydrogens is 420 g/mol. The van der Waals surface area contributed by atoms with Crippen LogP contribution in [0, 0.1) is 6.92 Å². The van der Waals surface area contributed by atoms with Crippen molar-refractivity contribution < 1.29 is 14.3 Å². The Morgan fingerprint density at radius 2 is 1.91 bits per heavy atom. The Labute approximate surface area is 191 Å². The highest BCUT2D eigenvalue weighted by molar-refractivity contribution is 5.94. The monoisotopic (exact) mass is 446 g/mol. The van der Waals surface area contributed by atoms with Crippen LogP contribution < -0.4 is 15.6 Å². The van der Waals surface area contributed by atoms with E-state index in [0.29, 0.717) is 35.8 Å². The summed E-state index contributed by atoms with van der Waals surface area (Å²) < 4.78 is 6.04. The van der Waals surface area contributed by atoms with Gasteiger partial charge < -0.3 is 19.9 Å². The predicted octanol–water partition coefficient (Wildman–Crippen LogP) is 3.85. The lowest BCUT2D eigenvalue weighted by atomic mass is 9.93. The highest BCUT2D eigenvalue weighted by Crippen LogP contribution is 2.31. The van der Waals surface area contributed by atoms with E-state index >= 15 is 0 Å². The number of amides is 2. The number of hydrogen-bond donors (Lipinski definition) is 2. The number of aromatic amines is 1. The summed E-state index contributed by atoms with van der Waals surface area (Å²) in [5.41, 5.74) is 2.67. The van der Waals surface area contributed by atoms with Gasteiger partial charge in [-0.15, -0.1) is 0 Å². The number of hydrogen-bond acceptors (Lipinski definition) is 5. The maximum atomic E-state index is 12.9. The van der Waals surface area contributed by atoms with Gasteiger partial charge in [0.1, 0.15) is 11.5 Å². The van der Waals surface area contributed by atoms with Crippen LogP contribution >= 0.6 is 0 Å². The van der Waals surface area contributed by atoms with Gasteiger partial charge in [-0.1, -0.05) is 0 Å². The van der Waals surface area contributed by atoms with Gasteiger partial charge in [-0.3, -0.25) is 19.4 Å². The number of nitrogens with one attached hydrogen (secondary N) is 2. The van der Waals surface area contributed by atoms with E-state index in [9.17, 15) is 14.4 Å². The van der Waals surface area contributed by atoms with E-state index in [1.54, 1.807) is 30.3 Å². The molecular formula is C25H26N4O4. The van der Waals surface area contributed by atoms with Crippen molar-refractivity contribution in [3.05, 3.63) is 82.0 Å². The number of likely N-dealkylation sites (tertiary alicyclic amines) is 1. The largest absolute Gasteiger partial charge is 0.457 e. The number of piperidine rings is 1. The number of H-pyrrole nitrogens is 1. The molecule has 33 heavy (non-hydrogen) atoms. The van der Waals surface area contributed by atoms with E-state index in [1.165, 1.54) is 19.2 Å². The molecule has 1 aliphatic heterocycles. The summed E-state index contributed by atoms with van der Waals surface area (Å²) in [5, 5.41) is 2.73. The molecule has 2 amide bonds. The number of carbonyl (C=O) groups is 2. The molecule has 0 unspecified atom stereocenters. The quantitative estimate of drug-likeness (QED) is 0.620. The average Bonchev–Trinajstić information content (AvgIpc) is 2.80. The van der Waals surface area contributed by atoms with Crippen molar-refractivity contribution in [2.45, 2.75) is 32.6 Å². The van der Waals surface area contributed by atoms with Gasteiger partial charge in [0.2, 0.25) is 11.5 Å². The minimum Gasteiger partial charge on any atom is -0.457 e. The Balaban J connectivity index is 1.48. The molecule has 3 aromatic rings. The lowest BCUT2D eigenvalue weighted by Crippen LogP contribution is -2.39. The van der Waals surface area contributed by atoms with Gasteiger partial charge in [0.15, 0.2) is 0 Å². The van der Waals surface area contributed by atoms with Crippen LogP contribution in [-0.4, -0.2) is 39.8 Å². The molecule has 8 nitrogen and oxygen atoms in total. The average molecular weight is 447 g/mol. The first-order chi connectivity index (χ1) is 15.9. The molecule has 8 heteroatoms. The maximum absolute atomic E-state index is 12.9. The van der Waals surface area contributed by atoms with Gasteiger partial charge in [0, 0.05) is 67.4 Å². The van der Waals surface area contributed by atoms with Crippen LogP contribution in [0.25, 0.3) is 0 Å². The van der Waals surface area contributed by atoms with Crippen LogP contribution in [0.1, 0.15) is 47.4 Å². The minimum atomic E-state index is -0.232. The Kier molecular flexibility index (Phi) is 6.53. The Hall–Kier alpha value is -3.94. The third-order valence-corrected chi connectivity index (χ3v) is 5.52. The molecule has 1 saturated heterocycles. The molecule has 1 aromatic carbocycles. The van der Waals surface area contributed by atoms with Crippen LogP contribution in [0.15, 0.2) is 59.5 Å². The number of benzene rings is 1. The smallest absolute Gasteiger partial charge is 0.255 e. The standard InChI is InChI=1S/C25H26N4O4/c1-16-12-22(33-21-8-6-20(7-9-21)28-17(2)30)13-23(27-16)19-4-3-11-29(15-19)25(32)18-5-10-24(31)26-14-18/h5-10,12-14,19H,3-4,11,15H2,1-2H3,(H,26,31)(H,28,30)/t19-/m0/s1. The Morgan fingerprint density at radius 1 is 1.12 bits per heavy atom. The van der Waals surface area contributed by atoms with Crippen LogP contribution in [0.5, 0.6) is 11.5 Å². The molecule has 0 bridgehead atoms. The van der Waals surface area contributed by atoms with Crippen molar-refractivity contribution >= 4 is 17.5 Å². The third-order valence-electron chi connectivity index (χ3n) is 5.52. The number of ether oxygens (including phenoxy) is 1. The lowest BCUT2D eigenvalue weighted by Gasteiger charge is -2.32. The molecule has 170 valence electrons. The molecule has 0 aliphatic carbocycles. The zero-order valence-corrected chi connectivity index (χ0v) is 18.6. The van der Waals surface area contributed by atoms with Gasteiger partial charge in [0.05, 0.1) is 5.56 Å². The van der Waals surface area contributed by atoms with Gasteiger partial charge in [-0.2, -0.15) is 0 Å². The highest BCUT2D eigenvalue weighted by atomic mass is 16.5. The summed E-state index contributed by atoms with van der Waals surface area (Å²) >= 11 is 0. The Bertz CT molecular complexity index is 1200. The number of rotatable bonds is 5. The SMILES string of the molecule is CC(=O)Nc1ccc(Oc2cc(C)nc([C@H]3CCCN(C(=O)c4ccc(=O)[nH]c4)C3)c2)cc1. The van der Waals surface area contributed by atoms with Crippen molar-refractivity contribution in [3.63, 3.8) is 0 Å². The van der Waals surface area contributed by atoms with Crippen molar-refractivity contribution in [1.29, 1.82) is 0 Å². The third kappa shape index (κ3) is 5.65. The van der Waals surface area contributed by atoms with E-state index in [4.69, 9.17) is 9.72 Å². The van der Waals surface area contributed by atoms with E-state index in [2.05, 4.69) is 10.3 Å². The molecule has 2 N–H and O–H groups in total. The van der Waals surface area contributed by atoms with E-state index < -0.39 is 0 Å². The zero-order chi connectivity index (χ0) is 23.4. The second-order valence-electron chi connectivity index (χ2n) is 8.21. The first kappa shape index (κ1) is 22.3. The normalized spacial score (nSPS) is 15.7. The van der Waals surface area contributed by atoms with Crippen LogP contribution in [0.4, 0.5) is 5.69 Å². The summed E-state index contributed by atoms with van der Waals surface area (Å²) in [4.78, 5) is 44.5. The van der Waals surface area contributed by atoms with Gasteiger partial charge in [-0.05, 0) is 50.1 Å². The molecule has 0 radical (unpaired) electrons. The molecule has 0 saturated carbocycles. The van der Waals surface area contributed by atoms with Crippen LogP contribution in [0.2, 0.25) is 0 Å². The number of pyridine rings is 2. The van der Waals surface area contributed by atoms with Gasteiger partial charge in [0.25, 0.3) is 5.91 Å². The molecule has 1 aliphatic rings. The summed E-state index contributed by atoms with van der Waals surface area (Å²) in [5.74, 6) is 1.20. The summed E-state index contributed by atoms with van der Waals surface area (Å²) in [6, 6.07) is 13.9. The fraction of sp³-hybridized carbons (Fsp3) is 0.280. The zero-order valence-electron chi connectivity index (χ0n) is 18.6. The topological polar surface area (TPSA) is 104 Å². The fourth-order valence-electron chi connectivity index (χ4n) is 4.00. The molecule has 0 spiro atoms. The number of carbonyl (C=O) groups excluding carboxylic acids is 2. The molecule has 2 aromatic heterocycles. The number of anilines is 1. The van der Waals surface area contributed by atoms with Crippen molar-refractivity contribution in [3.8, 4) is 11.5 Å². The summed E-state index contributed by atoms with van der Waals surface area (Å²) in [6.45, 7) is 4.61. The van der Waals surface area contributed by atoms with Crippen molar-refractivity contribution in [1.82, 2.24) is 14.9 Å². The highest BCUT2D eigenvalue weighted by Gasteiger charge is 2.27. The first-order valence-electron chi connectivity index (χ1n) is 10.9. The van der Waals surface area contributed by atoms with E-state index in [1.807, 2.05) is 24.0 Å². The maximum Gasteiger partial charge on any atom is 0.255 e. The van der Waals surface area contributed by atoms with Gasteiger partial charge in [-0.25, -0.2) is 0 Å². The van der Waals surface area contributed by atoms with E-state index in [0.717, 1.165) is 24.2 Å². The van der Waals surface area contributed by atoms with Crippen LogP contribution in [0.3, 0.4) is 0 Å². The second-order valence-corrected chi connectivity index (χ2v) is 8.21. The molecule has 4 rings (SSSR count). The van der Waals surface area contributed by atoms with Gasteiger partial charge >= 0.3 is 0 Å². The van der Waals surface area contributed by atoms with Crippen molar-refractivity contribution in [2.24, 2.45) is 0 Å². The number of aromatic nitrogens is 2. The second kappa shape index (κ2) is 9.68. The summed E-state index contributed by atoms with van der Waals surface area (Å²) in [7, 11) is 0.